The van der Waals surface area contributed by atoms with Crippen molar-refractivity contribution in [1.29, 1.82) is 0 Å². The Bertz CT molecular complexity index is 802. The first-order chi connectivity index (χ1) is 12.6. The van der Waals surface area contributed by atoms with Crippen molar-refractivity contribution in [1.82, 2.24) is 5.32 Å². The highest BCUT2D eigenvalue weighted by atomic mass is 32.2. The number of aryl methyl sites for hydroxylation is 1. The maximum absolute atomic E-state index is 11.0. The molecule has 0 aliphatic rings. The van der Waals surface area contributed by atoms with Crippen molar-refractivity contribution in [2.75, 3.05) is 0 Å². The number of carboxylic acids is 1. The zero-order valence-corrected chi connectivity index (χ0v) is 16.6. The highest BCUT2D eigenvalue weighted by molar-refractivity contribution is 7.85. The van der Waals surface area contributed by atoms with Crippen LogP contribution in [0, 0.1) is 12.8 Å². The minimum Gasteiger partial charge on any atom is -0.480 e. The van der Waals surface area contributed by atoms with Gasteiger partial charge in [-0.2, -0.15) is 8.42 Å². The van der Waals surface area contributed by atoms with Gasteiger partial charge in [0.25, 0.3) is 10.1 Å². The van der Waals surface area contributed by atoms with E-state index < -0.39 is 22.1 Å². The number of rotatable bonds is 7. The molecule has 2 aromatic carbocycles. The summed E-state index contributed by atoms with van der Waals surface area (Å²) in [5.74, 6) is -0.394. The number of hydrogen-bond donors (Lipinski definition) is 3. The predicted octanol–water partition coefficient (Wildman–Crippen LogP) is 3.52. The van der Waals surface area contributed by atoms with Crippen LogP contribution in [-0.2, 0) is 21.5 Å². The van der Waals surface area contributed by atoms with E-state index in [2.05, 4.69) is 5.32 Å². The molecule has 0 spiro atoms. The monoisotopic (exact) mass is 393 g/mol. The molecule has 0 fully saturated rings. The van der Waals surface area contributed by atoms with E-state index in [0.717, 1.165) is 11.1 Å². The van der Waals surface area contributed by atoms with Crippen LogP contribution in [0.25, 0.3) is 0 Å². The van der Waals surface area contributed by atoms with Crippen LogP contribution in [0.1, 0.15) is 31.4 Å². The molecule has 0 aliphatic carbocycles. The van der Waals surface area contributed by atoms with Gasteiger partial charge in [-0.15, -0.1) is 0 Å². The summed E-state index contributed by atoms with van der Waals surface area (Å²) < 4.78 is 29.6. The number of carboxylic acid groups (broad SMARTS) is 1. The first-order valence-electron chi connectivity index (χ1n) is 8.64. The summed E-state index contributed by atoms with van der Waals surface area (Å²) in [5, 5.41) is 12.1. The molecule has 0 heterocycles. The van der Waals surface area contributed by atoms with Crippen LogP contribution < -0.4 is 5.32 Å². The normalized spacial score (nSPS) is 12.2. The zero-order chi connectivity index (χ0) is 20.4. The molecule has 0 saturated heterocycles. The largest absolute Gasteiger partial charge is 0.480 e. The number of nitrogens with one attached hydrogen (secondary N) is 1. The Kier molecular flexibility index (Phi) is 9.14. The summed E-state index contributed by atoms with van der Waals surface area (Å²) in [5.41, 5.74) is 2.06. The Hall–Kier alpha value is -2.22. The van der Waals surface area contributed by atoms with Crippen LogP contribution >= 0.6 is 0 Å². The van der Waals surface area contributed by atoms with Crippen LogP contribution in [0.5, 0.6) is 0 Å². The molecule has 2 rings (SSSR count). The second kappa shape index (κ2) is 10.8. The molecule has 0 aliphatic heterocycles. The lowest BCUT2D eigenvalue weighted by atomic mass is 10.0. The van der Waals surface area contributed by atoms with Crippen LogP contribution in [0.15, 0.2) is 59.5 Å². The van der Waals surface area contributed by atoms with Crippen molar-refractivity contribution >= 4 is 16.1 Å². The topological polar surface area (TPSA) is 104 Å². The average molecular weight is 394 g/mol. The Morgan fingerprint density at radius 2 is 1.59 bits per heavy atom. The summed E-state index contributed by atoms with van der Waals surface area (Å²) in [6.45, 7) is 6.50. The standard InChI is InChI=1S/C13H19NO2.C7H8O3S/c1-10(2)8-12(13(15)16)14-9-11-6-4-3-5-7-11;1-6-2-4-7(5-3-6)11(8,9)10/h3-7,10,12,14H,8-9H2,1-2H3,(H,15,16);2-5H,1H3,(H,8,9,10)/t12-;/m1./s1. The molecule has 3 N–H and O–H groups in total. The van der Waals surface area contributed by atoms with Crippen molar-refractivity contribution in [2.24, 2.45) is 5.92 Å². The van der Waals surface area contributed by atoms with Gasteiger partial charge in [-0.05, 0) is 37.0 Å². The van der Waals surface area contributed by atoms with Crippen LogP contribution in [0.2, 0.25) is 0 Å². The van der Waals surface area contributed by atoms with E-state index in [1.165, 1.54) is 12.1 Å². The van der Waals surface area contributed by atoms with E-state index in [4.69, 9.17) is 9.66 Å². The SMILES string of the molecule is CC(C)C[C@@H](NCc1ccccc1)C(=O)O.Cc1ccc(S(=O)(=O)O)cc1. The third-order valence-electron chi connectivity index (χ3n) is 3.72. The predicted molar refractivity (Wildman–Crippen MR) is 105 cm³/mol. The molecule has 0 unspecified atom stereocenters. The molecule has 7 heteroatoms. The Labute approximate surface area is 161 Å². The fraction of sp³-hybridized carbons (Fsp3) is 0.350. The Morgan fingerprint density at radius 3 is 2.04 bits per heavy atom. The maximum Gasteiger partial charge on any atom is 0.320 e. The Morgan fingerprint density at radius 1 is 1.04 bits per heavy atom. The average Bonchev–Trinajstić information content (AvgIpc) is 2.59. The van der Waals surface area contributed by atoms with Crippen molar-refractivity contribution in [3.05, 3.63) is 65.7 Å². The summed E-state index contributed by atoms with van der Waals surface area (Å²) in [6.07, 6.45) is 0.655. The summed E-state index contributed by atoms with van der Waals surface area (Å²) >= 11 is 0. The van der Waals surface area contributed by atoms with Gasteiger partial charge in [0.15, 0.2) is 0 Å². The van der Waals surface area contributed by atoms with Gasteiger partial charge in [-0.3, -0.25) is 9.35 Å². The van der Waals surface area contributed by atoms with E-state index in [1.807, 2.05) is 51.1 Å². The fourth-order valence-electron chi connectivity index (χ4n) is 2.29. The van der Waals surface area contributed by atoms with Crippen molar-refractivity contribution in [3.63, 3.8) is 0 Å². The van der Waals surface area contributed by atoms with E-state index in [0.29, 0.717) is 18.9 Å². The van der Waals surface area contributed by atoms with E-state index in [9.17, 15) is 13.2 Å². The highest BCUT2D eigenvalue weighted by Crippen LogP contribution is 2.08. The number of hydrogen-bond acceptors (Lipinski definition) is 4. The third kappa shape index (κ3) is 9.33. The molecular formula is C20H27NO5S. The van der Waals surface area contributed by atoms with Gasteiger partial charge in [0.2, 0.25) is 0 Å². The lowest BCUT2D eigenvalue weighted by molar-refractivity contribution is -0.140. The molecule has 148 valence electrons. The molecule has 0 saturated carbocycles. The van der Waals surface area contributed by atoms with Gasteiger partial charge in [-0.1, -0.05) is 61.9 Å². The summed E-state index contributed by atoms with van der Waals surface area (Å²) in [4.78, 5) is 10.9. The molecule has 0 aromatic heterocycles. The van der Waals surface area contributed by atoms with E-state index in [-0.39, 0.29) is 4.90 Å². The van der Waals surface area contributed by atoms with Crippen molar-refractivity contribution < 1.29 is 22.9 Å². The first kappa shape index (κ1) is 22.8. The van der Waals surface area contributed by atoms with E-state index in [1.54, 1.807) is 12.1 Å². The van der Waals surface area contributed by atoms with Gasteiger partial charge in [0.05, 0.1) is 4.90 Å². The second-order valence-corrected chi connectivity index (χ2v) is 8.10. The summed E-state index contributed by atoms with van der Waals surface area (Å²) in [6, 6.07) is 15.4. The number of aliphatic carboxylic acids is 1. The quantitative estimate of drug-likeness (QED) is 0.622. The molecule has 2 aromatic rings. The molecular weight excluding hydrogens is 366 g/mol. The van der Waals surface area contributed by atoms with Crippen LogP contribution in [0.4, 0.5) is 0 Å². The van der Waals surface area contributed by atoms with Gasteiger partial charge in [0, 0.05) is 6.54 Å². The van der Waals surface area contributed by atoms with Gasteiger partial charge in [-0.25, -0.2) is 0 Å². The van der Waals surface area contributed by atoms with Crippen molar-refractivity contribution in [3.8, 4) is 0 Å². The van der Waals surface area contributed by atoms with Gasteiger partial charge < -0.3 is 10.4 Å². The van der Waals surface area contributed by atoms with Gasteiger partial charge in [0.1, 0.15) is 6.04 Å². The smallest absolute Gasteiger partial charge is 0.320 e. The molecule has 0 radical (unpaired) electrons. The van der Waals surface area contributed by atoms with Gasteiger partial charge >= 0.3 is 5.97 Å². The zero-order valence-electron chi connectivity index (χ0n) is 15.8. The molecule has 0 bridgehead atoms. The number of benzene rings is 2. The highest BCUT2D eigenvalue weighted by Gasteiger charge is 2.17. The Balaban J connectivity index is 0.000000289. The van der Waals surface area contributed by atoms with Crippen LogP contribution in [-0.4, -0.2) is 30.1 Å². The van der Waals surface area contributed by atoms with E-state index >= 15 is 0 Å². The fourth-order valence-corrected chi connectivity index (χ4v) is 2.77. The lowest BCUT2D eigenvalue weighted by Crippen LogP contribution is -2.37. The number of carbonyl (C=O) groups is 1. The maximum atomic E-state index is 11.0. The summed E-state index contributed by atoms with van der Waals surface area (Å²) in [7, 11) is -4.02. The minimum atomic E-state index is -4.02. The molecule has 1 atom stereocenters. The first-order valence-corrected chi connectivity index (χ1v) is 10.1. The molecule has 0 amide bonds. The third-order valence-corrected chi connectivity index (χ3v) is 4.59. The minimum absolute atomic E-state index is 0.0666. The second-order valence-electron chi connectivity index (χ2n) is 6.67. The molecule has 6 nitrogen and oxygen atoms in total. The molecule has 27 heavy (non-hydrogen) atoms. The van der Waals surface area contributed by atoms with Crippen molar-refractivity contribution in [2.45, 2.75) is 44.7 Å². The lowest BCUT2D eigenvalue weighted by Gasteiger charge is -2.16. The van der Waals surface area contributed by atoms with Crippen LogP contribution in [0.3, 0.4) is 0 Å².